The zero-order valence-electron chi connectivity index (χ0n) is 39.1. The smallest absolute Gasteiger partial charge is 0.317 e. The summed E-state index contributed by atoms with van der Waals surface area (Å²) in [7, 11) is 0. The van der Waals surface area contributed by atoms with Gasteiger partial charge in [-0.1, -0.05) is 13.8 Å². The van der Waals surface area contributed by atoms with Gasteiger partial charge in [0, 0.05) is 0 Å². The van der Waals surface area contributed by atoms with E-state index >= 15 is 0 Å². The van der Waals surface area contributed by atoms with Crippen LogP contribution in [0.1, 0.15) is 86.0 Å². The van der Waals surface area contributed by atoms with Gasteiger partial charge in [0.2, 0.25) is 0 Å². The topological polar surface area (TPSA) is 218 Å². The lowest BCUT2D eigenvalue weighted by atomic mass is 9.53. The first kappa shape index (κ1) is 43.8. The number of hydrogen-bond acceptors (Lipinski definition) is 13. The van der Waals surface area contributed by atoms with Gasteiger partial charge in [0.25, 0.3) is 0 Å². The van der Waals surface area contributed by atoms with Gasteiger partial charge in [-0.25, -0.2) is 0 Å². The number of aliphatic hydroxyl groups is 1. The molecule has 30 atom stereocenters. The molecule has 0 radical (unpaired) electrons. The van der Waals surface area contributed by atoms with Crippen molar-refractivity contribution < 1.29 is 72.5 Å². The lowest BCUT2D eigenvalue weighted by Crippen LogP contribution is -2.52. The highest BCUT2D eigenvalue weighted by Crippen LogP contribution is 2.74. The zero-order valence-corrected chi connectivity index (χ0v) is 39.1. The van der Waals surface area contributed by atoms with Crippen molar-refractivity contribution in [1.29, 1.82) is 0 Å². The Labute approximate surface area is 390 Å². The first-order valence-corrected chi connectivity index (χ1v) is 26.1. The SMILES string of the molecule is CC1C(=O)OC(=O)C1CC1C(CC2C(CC3C(C)C4OC3C3C5CC(CC5C(=O)OC(C)(C)C)C43)C3OC2C2C4CC(CC4C(=O)OCCO)C32)C2OC1C1C3CC(C(C(=O)O)C3C(=O)O)C21. The summed E-state index contributed by atoms with van der Waals surface area (Å²) in [5.41, 5.74) is -0.551. The number of esters is 4. The number of hydrogen-bond donors (Lipinski definition) is 3. The van der Waals surface area contributed by atoms with E-state index in [0.717, 1.165) is 38.5 Å². The van der Waals surface area contributed by atoms with Crippen LogP contribution in [-0.4, -0.2) is 107 Å². The largest absolute Gasteiger partial charge is 0.481 e. The van der Waals surface area contributed by atoms with Crippen molar-refractivity contribution in [1.82, 2.24) is 0 Å². The Morgan fingerprint density at radius 1 is 0.582 bits per heavy atom. The van der Waals surface area contributed by atoms with E-state index in [9.17, 15) is 44.1 Å². The Bertz CT molecular complexity index is 2150. The lowest BCUT2D eigenvalue weighted by molar-refractivity contribution is -0.164. The third-order valence-corrected chi connectivity index (χ3v) is 22.2. The van der Waals surface area contributed by atoms with E-state index in [4.69, 9.17) is 28.4 Å². The van der Waals surface area contributed by atoms with E-state index in [1.807, 2.05) is 20.8 Å². The summed E-state index contributed by atoms with van der Waals surface area (Å²) in [6.45, 7) is 9.67. The van der Waals surface area contributed by atoms with Crippen molar-refractivity contribution in [2.24, 2.45) is 142 Å². The molecule has 15 heteroatoms. The Hall–Kier alpha value is -3.14. The van der Waals surface area contributed by atoms with Crippen LogP contribution in [0.4, 0.5) is 0 Å². The van der Waals surface area contributed by atoms with Gasteiger partial charge in [0.15, 0.2) is 0 Å². The van der Waals surface area contributed by atoms with Crippen molar-refractivity contribution in [2.75, 3.05) is 13.2 Å². The fraction of sp³-hybridized carbons (Fsp3) is 0.885. The van der Waals surface area contributed by atoms with Gasteiger partial charge in [-0.3, -0.25) is 28.8 Å². The molecular weight excluding hydrogens is 865 g/mol. The van der Waals surface area contributed by atoms with Gasteiger partial charge in [-0.05, 0) is 179 Å². The summed E-state index contributed by atoms with van der Waals surface area (Å²) in [5.74, 6) is -5.10. The van der Waals surface area contributed by atoms with Crippen LogP contribution in [0.3, 0.4) is 0 Å². The molecule has 0 aromatic heterocycles. The molecule has 13 rings (SSSR count). The van der Waals surface area contributed by atoms with Crippen LogP contribution in [-0.2, 0) is 57.2 Å². The highest BCUT2D eigenvalue weighted by atomic mass is 16.6. The minimum absolute atomic E-state index is 0.00977. The Balaban J connectivity index is 0.836. The molecule has 13 fully saturated rings. The Morgan fingerprint density at radius 2 is 1.04 bits per heavy atom. The van der Waals surface area contributed by atoms with E-state index < -0.39 is 53.1 Å². The highest BCUT2D eigenvalue weighted by molar-refractivity contribution is 5.96. The maximum atomic E-state index is 13.7. The molecule has 7 saturated heterocycles. The molecule has 0 spiro atoms. The molecule has 366 valence electrons. The van der Waals surface area contributed by atoms with E-state index in [1.54, 1.807) is 6.92 Å². The van der Waals surface area contributed by atoms with Crippen LogP contribution < -0.4 is 0 Å². The first-order valence-electron chi connectivity index (χ1n) is 26.1. The number of carboxylic acid groups (broad SMARTS) is 2. The summed E-state index contributed by atoms with van der Waals surface area (Å²) in [6, 6.07) is 0. The van der Waals surface area contributed by atoms with Crippen molar-refractivity contribution in [3.05, 3.63) is 0 Å². The summed E-state index contributed by atoms with van der Waals surface area (Å²) in [6.07, 6.45) is 5.54. The monoisotopic (exact) mass is 932 g/mol. The molecule has 7 aliphatic heterocycles. The standard InChI is InChI=1S/C52H68O15/c1-16-20(41-34-23-8-18(32(34)40(16)63-41)11-29(23)51(61)67-52(3,4)5)12-24-26(43-35-22-9-19(33(35)42(24)64-43)10-28(22)49(59)62-7-6-53)14-27-25(13-21-17(2)48(58)66-50(21)60)44-36-30-15-31(37(36)45(27)65-44)39(47(56)57)38(30)46(54)55/h16-45,53H,6-15H2,1-5H3,(H,54,55)(H,56,57). The molecule has 13 aliphatic rings. The second-order valence-corrected chi connectivity index (χ2v) is 25.4. The van der Waals surface area contributed by atoms with Crippen molar-refractivity contribution in [2.45, 2.75) is 128 Å². The number of fused-ring (bicyclic) bond motifs is 27. The maximum absolute atomic E-state index is 13.7. The van der Waals surface area contributed by atoms with Crippen LogP contribution in [0, 0.1) is 142 Å². The van der Waals surface area contributed by atoms with Crippen LogP contribution in [0.5, 0.6) is 0 Å². The molecular formula is C52H68O15. The van der Waals surface area contributed by atoms with E-state index in [2.05, 4.69) is 6.92 Å². The number of carbonyl (C=O) groups excluding carboxylic acids is 4. The summed E-state index contributed by atoms with van der Waals surface area (Å²) < 4.78 is 38.3. The van der Waals surface area contributed by atoms with Gasteiger partial charge >= 0.3 is 35.8 Å². The van der Waals surface area contributed by atoms with E-state index in [-0.39, 0.29) is 145 Å². The molecule has 3 N–H and O–H groups in total. The van der Waals surface area contributed by atoms with Crippen molar-refractivity contribution in [3.63, 3.8) is 0 Å². The fourth-order valence-corrected chi connectivity index (χ4v) is 20.5. The van der Waals surface area contributed by atoms with Crippen LogP contribution in [0.2, 0.25) is 0 Å². The lowest BCUT2D eigenvalue weighted by Gasteiger charge is -2.48. The number of cyclic esters (lactones) is 2. The minimum Gasteiger partial charge on any atom is -0.481 e. The highest BCUT2D eigenvalue weighted by Gasteiger charge is 2.76. The number of aliphatic hydroxyl groups excluding tert-OH is 1. The summed E-state index contributed by atoms with van der Waals surface area (Å²) >= 11 is 0. The van der Waals surface area contributed by atoms with Crippen LogP contribution >= 0.6 is 0 Å². The number of ether oxygens (including phenoxy) is 6. The van der Waals surface area contributed by atoms with Gasteiger partial charge < -0.3 is 43.7 Å². The summed E-state index contributed by atoms with van der Waals surface area (Å²) in [5, 5.41) is 30.4. The molecule has 6 aliphatic carbocycles. The predicted molar refractivity (Wildman–Crippen MR) is 228 cm³/mol. The quantitative estimate of drug-likeness (QED) is 0.140. The van der Waals surface area contributed by atoms with Gasteiger partial charge in [0.1, 0.15) is 12.2 Å². The van der Waals surface area contributed by atoms with Crippen molar-refractivity contribution >= 4 is 35.8 Å². The molecule has 0 aromatic carbocycles. The molecule has 0 aromatic rings. The van der Waals surface area contributed by atoms with Crippen molar-refractivity contribution in [3.8, 4) is 0 Å². The van der Waals surface area contributed by atoms with Crippen LogP contribution in [0.25, 0.3) is 0 Å². The molecule has 6 saturated carbocycles. The summed E-state index contributed by atoms with van der Waals surface area (Å²) in [4.78, 5) is 79.0. The zero-order chi connectivity index (χ0) is 46.6. The third kappa shape index (κ3) is 5.95. The molecule has 15 nitrogen and oxygen atoms in total. The fourth-order valence-electron chi connectivity index (χ4n) is 20.5. The van der Waals surface area contributed by atoms with E-state index in [1.165, 1.54) is 0 Å². The minimum atomic E-state index is -1.08. The van der Waals surface area contributed by atoms with Gasteiger partial charge in [-0.2, -0.15) is 0 Å². The molecule has 67 heavy (non-hydrogen) atoms. The normalized spacial score (nSPS) is 56.0. The average molecular weight is 933 g/mol. The number of aliphatic carboxylic acids is 2. The molecule has 0 amide bonds. The Kier molecular flexibility index (Phi) is 9.78. The van der Waals surface area contributed by atoms with E-state index in [0.29, 0.717) is 48.3 Å². The second-order valence-electron chi connectivity index (χ2n) is 25.4. The second kappa shape index (κ2) is 14.9. The average Bonchev–Trinajstić information content (AvgIpc) is 4.10. The van der Waals surface area contributed by atoms with Gasteiger partial charge in [-0.15, -0.1) is 0 Å². The number of rotatable bonds is 12. The number of carboxylic acids is 2. The first-order chi connectivity index (χ1) is 31.9. The van der Waals surface area contributed by atoms with Crippen LogP contribution in [0.15, 0.2) is 0 Å². The number of carbonyl (C=O) groups is 6. The molecule has 12 bridgehead atoms. The maximum Gasteiger partial charge on any atom is 0.317 e. The molecule has 30 unspecified atom stereocenters. The Morgan fingerprint density at radius 3 is 1.55 bits per heavy atom. The van der Waals surface area contributed by atoms with Gasteiger partial charge in [0.05, 0.1) is 78.7 Å². The third-order valence-electron chi connectivity index (χ3n) is 22.2. The molecule has 7 heterocycles. The predicted octanol–water partition coefficient (Wildman–Crippen LogP) is 4.49.